The zero-order chi connectivity index (χ0) is 28.8. The van der Waals surface area contributed by atoms with Crippen molar-refractivity contribution >= 4 is 52.2 Å². The molecule has 7 nitrogen and oxygen atoms in total. The van der Waals surface area contributed by atoms with Crippen LogP contribution in [0.5, 0.6) is 0 Å². The summed E-state index contributed by atoms with van der Waals surface area (Å²) in [7, 11) is 0. The number of aromatic nitrogens is 2. The van der Waals surface area contributed by atoms with Gasteiger partial charge in [0.25, 0.3) is 11.5 Å². The molecule has 1 atom stereocenters. The van der Waals surface area contributed by atoms with Crippen molar-refractivity contribution in [2.75, 3.05) is 11.9 Å². The summed E-state index contributed by atoms with van der Waals surface area (Å²) in [5.74, 6) is -2.40. The van der Waals surface area contributed by atoms with Gasteiger partial charge >= 0.3 is 12.4 Å². The Morgan fingerprint density at radius 2 is 1.72 bits per heavy atom. The van der Waals surface area contributed by atoms with Gasteiger partial charge in [0.2, 0.25) is 0 Å². The average Bonchev–Trinajstić information content (AvgIpc) is 3.50. The Labute approximate surface area is 229 Å². The quantitative estimate of drug-likeness (QED) is 0.242. The number of hydrogen-bond donors (Lipinski definition) is 2. The zero-order valence-electron chi connectivity index (χ0n) is 18.9. The largest absolute Gasteiger partial charge is 0.435 e. The van der Waals surface area contributed by atoms with Gasteiger partial charge in [0.15, 0.2) is 11.7 Å². The second-order valence-corrected chi connectivity index (χ2v) is 9.37. The number of hydrogen-bond acceptors (Lipinski definition) is 5. The van der Waals surface area contributed by atoms with E-state index in [2.05, 4.69) is 15.6 Å². The highest BCUT2D eigenvalue weighted by Gasteiger charge is 2.62. The van der Waals surface area contributed by atoms with Gasteiger partial charge in [-0.15, -0.1) is 0 Å². The van der Waals surface area contributed by atoms with Crippen LogP contribution in [0.15, 0.2) is 47.9 Å². The van der Waals surface area contributed by atoms with Crippen molar-refractivity contribution in [3.63, 3.8) is 0 Å². The number of oxime groups is 1. The van der Waals surface area contributed by atoms with Gasteiger partial charge in [-0.2, -0.15) is 31.4 Å². The van der Waals surface area contributed by atoms with Gasteiger partial charge in [0.1, 0.15) is 6.54 Å². The number of anilines is 1. The van der Waals surface area contributed by atoms with E-state index in [0.29, 0.717) is 0 Å². The van der Waals surface area contributed by atoms with E-state index in [-0.39, 0.29) is 27.8 Å². The lowest BCUT2D eigenvalue weighted by molar-refractivity contribution is -0.275. The Bertz CT molecular complexity index is 1440. The maximum Gasteiger partial charge on any atom is 0.435 e. The molecule has 1 aliphatic heterocycles. The van der Waals surface area contributed by atoms with E-state index < -0.39 is 58.3 Å². The fourth-order valence-corrected chi connectivity index (χ4v) is 4.24. The first-order chi connectivity index (χ1) is 18.1. The molecule has 17 heteroatoms. The summed E-state index contributed by atoms with van der Waals surface area (Å²) in [5.41, 5.74) is -3.49. The summed E-state index contributed by atoms with van der Waals surface area (Å²) >= 11 is 17.6. The Kier molecular flexibility index (Phi) is 7.67. The predicted molar refractivity (Wildman–Crippen MR) is 128 cm³/mol. The molecule has 0 spiro atoms. The lowest BCUT2D eigenvalue weighted by Gasteiger charge is -2.29. The molecule has 2 N–H and O–H groups in total. The number of benzene rings is 2. The Morgan fingerprint density at radius 3 is 2.33 bits per heavy atom. The van der Waals surface area contributed by atoms with Crippen LogP contribution in [0.3, 0.4) is 0 Å². The standard InChI is InChI=1S/C22H13Cl3F7N5O2/c23-13-2-1-12(5-16(13)37-8-10(7-34-37)19(38)33-9-21(27,28)29)35-17-6-20(39-36-17,22(30,31)32)11-3-14(24)18(26)15(25)4-11/h1-5,7-8H,6,9H2,(H,33,38)(H,35,36). The van der Waals surface area contributed by atoms with Crippen molar-refractivity contribution in [1.29, 1.82) is 0 Å². The number of halogens is 10. The topological polar surface area (TPSA) is 80.5 Å². The van der Waals surface area contributed by atoms with E-state index in [4.69, 9.17) is 39.6 Å². The lowest BCUT2D eigenvalue weighted by atomic mass is 9.89. The maximum absolute atomic E-state index is 14.2. The second-order valence-electron chi connectivity index (χ2n) is 8.15. The minimum Gasteiger partial charge on any atom is -0.372 e. The molecule has 0 aliphatic carbocycles. The van der Waals surface area contributed by atoms with E-state index in [0.717, 1.165) is 29.2 Å². The number of rotatable bonds is 5. The van der Waals surface area contributed by atoms with Gasteiger partial charge in [-0.3, -0.25) is 4.79 Å². The second kappa shape index (κ2) is 10.4. The first-order valence-electron chi connectivity index (χ1n) is 10.5. The van der Waals surface area contributed by atoms with E-state index in [1.807, 2.05) is 0 Å². The molecule has 1 amide bonds. The molecule has 0 radical (unpaired) electrons. The molecule has 4 rings (SSSR count). The van der Waals surface area contributed by atoms with E-state index >= 15 is 0 Å². The Morgan fingerprint density at radius 1 is 1.05 bits per heavy atom. The highest BCUT2D eigenvalue weighted by atomic mass is 35.5. The molecule has 0 saturated carbocycles. The van der Waals surface area contributed by atoms with Crippen molar-refractivity contribution < 1.29 is 40.4 Å². The van der Waals surface area contributed by atoms with Crippen LogP contribution in [0.2, 0.25) is 15.1 Å². The third-order valence-electron chi connectivity index (χ3n) is 5.41. The van der Waals surface area contributed by atoms with Gasteiger partial charge in [0, 0.05) is 17.4 Å². The molecule has 1 unspecified atom stereocenters. The van der Waals surface area contributed by atoms with Crippen LogP contribution in [-0.4, -0.2) is 40.4 Å². The Balaban J connectivity index is 1.56. The summed E-state index contributed by atoms with van der Waals surface area (Å²) in [5, 5.41) is 10.6. The monoisotopic (exact) mass is 617 g/mol. The molecule has 0 bridgehead atoms. The van der Waals surface area contributed by atoms with Crippen molar-refractivity contribution in [3.8, 4) is 5.69 Å². The number of alkyl halides is 6. The van der Waals surface area contributed by atoms with Crippen LogP contribution >= 0.6 is 34.8 Å². The number of amidine groups is 1. The fourth-order valence-electron chi connectivity index (χ4n) is 3.55. The molecule has 1 aromatic heterocycles. The number of nitrogens with one attached hydrogen (secondary N) is 2. The van der Waals surface area contributed by atoms with Crippen molar-refractivity contribution in [3.05, 3.63) is 74.7 Å². The van der Waals surface area contributed by atoms with Crippen LogP contribution in [0.25, 0.3) is 5.69 Å². The van der Waals surface area contributed by atoms with E-state index in [1.165, 1.54) is 18.2 Å². The van der Waals surface area contributed by atoms with Crippen LogP contribution < -0.4 is 10.6 Å². The zero-order valence-corrected chi connectivity index (χ0v) is 21.2. The highest BCUT2D eigenvalue weighted by Crippen LogP contribution is 2.49. The Hall–Kier alpha value is -3.23. The third kappa shape index (κ3) is 6.02. The average molecular weight is 619 g/mol. The molecule has 1 aliphatic rings. The van der Waals surface area contributed by atoms with Crippen molar-refractivity contribution in [2.24, 2.45) is 5.16 Å². The molecule has 2 aromatic carbocycles. The first-order valence-corrected chi connectivity index (χ1v) is 11.7. The SMILES string of the molecule is O=C(NCC(F)(F)F)c1cnn(-c2cc(NC3=NOC(c4cc(Cl)c(F)c(Cl)c4)(C(F)(F)F)C3)ccc2Cl)c1. The molecule has 2 heterocycles. The summed E-state index contributed by atoms with van der Waals surface area (Å²) < 4.78 is 94.5. The van der Waals surface area contributed by atoms with E-state index in [9.17, 15) is 35.5 Å². The molecular weight excluding hydrogens is 606 g/mol. The normalized spacial score (nSPS) is 17.5. The minimum absolute atomic E-state index is 0.0933. The molecule has 39 heavy (non-hydrogen) atoms. The molecular formula is C22H13Cl3F7N5O2. The van der Waals surface area contributed by atoms with Gasteiger partial charge in [0.05, 0.1) is 38.9 Å². The summed E-state index contributed by atoms with van der Waals surface area (Å²) in [6.45, 7) is -1.54. The van der Waals surface area contributed by atoms with Crippen LogP contribution in [-0.2, 0) is 10.4 Å². The number of nitrogens with zero attached hydrogens (tertiary/aromatic N) is 3. The number of amides is 1. The lowest BCUT2D eigenvalue weighted by Crippen LogP contribution is -2.43. The van der Waals surface area contributed by atoms with Crippen LogP contribution in [0.4, 0.5) is 36.4 Å². The number of carbonyl (C=O) groups excluding carboxylic acids is 1. The fraction of sp³-hybridized carbons (Fsp3) is 0.227. The van der Waals surface area contributed by atoms with Gasteiger partial charge in [-0.05, 0) is 30.3 Å². The van der Waals surface area contributed by atoms with Gasteiger partial charge in [-0.25, -0.2) is 9.07 Å². The third-order valence-corrected chi connectivity index (χ3v) is 6.28. The maximum atomic E-state index is 14.2. The molecule has 0 fully saturated rings. The van der Waals surface area contributed by atoms with Gasteiger partial charge in [-0.1, -0.05) is 40.0 Å². The van der Waals surface area contributed by atoms with E-state index in [1.54, 1.807) is 5.32 Å². The van der Waals surface area contributed by atoms with Crippen molar-refractivity contribution in [1.82, 2.24) is 15.1 Å². The van der Waals surface area contributed by atoms with Crippen molar-refractivity contribution in [2.45, 2.75) is 24.4 Å². The van der Waals surface area contributed by atoms with Gasteiger partial charge < -0.3 is 15.5 Å². The predicted octanol–water partition coefficient (Wildman–Crippen LogP) is 6.87. The highest BCUT2D eigenvalue weighted by molar-refractivity contribution is 6.35. The van der Waals surface area contributed by atoms with Crippen LogP contribution in [0.1, 0.15) is 22.3 Å². The smallest absolute Gasteiger partial charge is 0.372 e. The summed E-state index contributed by atoms with van der Waals surface area (Å²) in [6, 6.07) is 5.59. The molecule has 208 valence electrons. The minimum atomic E-state index is -5.02. The summed E-state index contributed by atoms with van der Waals surface area (Å²) in [6.07, 6.45) is -8.37. The van der Waals surface area contributed by atoms with Crippen LogP contribution in [0, 0.1) is 5.82 Å². The summed E-state index contributed by atoms with van der Waals surface area (Å²) in [4.78, 5) is 16.8. The molecule has 0 saturated heterocycles. The first kappa shape index (κ1) is 28.8. The molecule has 3 aromatic rings. The number of carbonyl (C=O) groups is 1.